The lowest BCUT2D eigenvalue weighted by molar-refractivity contribution is -0.0823. The summed E-state index contributed by atoms with van der Waals surface area (Å²) in [6.07, 6.45) is 2.14. The van der Waals surface area contributed by atoms with Crippen LogP contribution in [0.1, 0.15) is 46.5 Å². The number of benzene rings is 1. The van der Waals surface area contributed by atoms with Crippen LogP contribution in [0.2, 0.25) is 5.02 Å². The molecule has 2 saturated carbocycles. The summed E-state index contributed by atoms with van der Waals surface area (Å²) < 4.78 is 19.5. The van der Waals surface area contributed by atoms with Crippen LogP contribution in [0.3, 0.4) is 0 Å². The summed E-state index contributed by atoms with van der Waals surface area (Å²) >= 11 is 6.58. The fourth-order valence-electron chi connectivity index (χ4n) is 5.05. The third-order valence-electron chi connectivity index (χ3n) is 6.72. The van der Waals surface area contributed by atoms with E-state index < -0.39 is 11.5 Å². The molecule has 3 rings (SSSR count). The Kier molecular flexibility index (Phi) is 4.49. The molecule has 2 aliphatic rings. The van der Waals surface area contributed by atoms with Gasteiger partial charge in [-0.1, -0.05) is 37.6 Å². The van der Waals surface area contributed by atoms with Gasteiger partial charge in [-0.05, 0) is 55.1 Å². The van der Waals surface area contributed by atoms with Crippen LogP contribution in [-0.2, 0) is 6.42 Å². The highest BCUT2D eigenvalue weighted by Gasteiger charge is 2.56. The molecule has 0 saturated heterocycles. The molecule has 3 nitrogen and oxygen atoms in total. The van der Waals surface area contributed by atoms with Gasteiger partial charge in [0.05, 0.1) is 26.7 Å². The van der Waals surface area contributed by atoms with Crippen molar-refractivity contribution in [2.75, 3.05) is 14.2 Å². The summed E-state index contributed by atoms with van der Waals surface area (Å²) in [6.45, 7) is 8.57. The van der Waals surface area contributed by atoms with Gasteiger partial charge in [-0.3, -0.25) is 0 Å². The van der Waals surface area contributed by atoms with E-state index in [1.165, 1.54) is 5.57 Å². The highest BCUT2D eigenvalue weighted by Crippen LogP contribution is 2.62. The van der Waals surface area contributed by atoms with Gasteiger partial charge in [-0.2, -0.15) is 0 Å². The Morgan fingerprint density at radius 3 is 2.68 bits per heavy atom. The standard InChI is InChI=1S/C21H29ClO3/c1-13-6-7-17-20(13,2)9-8-18(23)21(17,3)12-14-10-15(24-4)11-16(25-5)19(14)22/h10-11,17-18,23H,1,6-9,12H2,2-5H3/t17-,18-,20+,21+/m1/s1/i18D. The largest absolute Gasteiger partial charge is 0.497 e. The Bertz CT molecular complexity index is 732. The zero-order chi connectivity index (χ0) is 19.3. The predicted octanol–water partition coefficient (Wildman–Crippen LogP) is 5.03. The Morgan fingerprint density at radius 1 is 1.32 bits per heavy atom. The highest BCUT2D eigenvalue weighted by molar-refractivity contribution is 6.32. The van der Waals surface area contributed by atoms with Crippen molar-refractivity contribution in [1.29, 1.82) is 0 Å². The van der Waals surface area contributed by atoms with Crippen molar-refractivity contribution in [2.24, 2.45) is 16.7 Å². The lowest BCUT2D eigenvalue weighted by Crippen LogP contribution is -2.50. The molecule has 2 fully saturated rings. The van der Waals surface area contributed by atoms with Crippen molar-refractivity contribution < 1.29 is 16.0 Å². The second-order valence-corrected chi connectivity index (χ2v) is 8.33. The molecule has 0 aromatic heterocycles. The van der Waals surface area contributed by atoms with Gasteiger partial charge in [-0.25, -0.2) is 0 Å². The molecule has 4 atom stereocenters. The number of aliphatic hydroxyl groups is 1. The molecule has 1 aromatic rings. The smallest absolute Gasteiger partial charge is 0.141 e. The van der Waals surface area contributed by atoms with Crippen molar-refractivity contribution >= 4 is 11.6 Å². The number of fused-ring (bicyclic) bond motifs is 1. The van der Waals surface area contributed by atoms with Crippen LogP contribution in [0.4, 0.5) is 0 Å². The second-order valence-electron chi connectivity index (χ2n) is 7.96. The summed E-state index contributed by atoms with van der Waals surface area (Å²) in [4.78, 5) is 0. The van der Waals surface area contributed by atoms with Gasteiger partial charge in [0.15, 0.2) is 0 Å². The first-order chi connectivity index (χ1) is 12.1. The van der Waals surface area contributed by atoms with Gasteiger partial charge in [0, 0.05) is 11.5 Å². The van der Waals surface area contributed by atoms with E-state index >= 15 is 0 Å². The van der Waals surface area contributed by atoms with Crippen molar-refractivity contribution in [3.05, 3.63) is 34.9 Å². The van der Waals surface area contributed by atoms with E-state index in [2.05, 4.69) is 13.5 Å². The minimum absolute atomic E-state index is 0.0303. The molecule has 138 valence electrons. The third-order valence-corrected chi connectivity index (χ3v) is 7.15. The van der Waals surface area contributed by atoms with Crippen molar-refractivity contribution in [3.63, 3.8) is 0 Å². The van der Waals surface area contributed by atoms with E-state index in [0.717, 1.165) is 24.8 Å². The fraction of sp³-hybridized carbons (Fsp3) is 0.619. The average molecular weight is 366 g/mol. The summed E-state index contributed by atoms with van der Waals surface area (Å²) in [6, 6.07) is 3.64. The molecule has 25 heavy (non-hydrogen) atoms. The summed E-state index contributed by atoms with van der Waals surface area (Å²) in [7, 11) is 3.18. The Morgan fingerprint density at radius 2 is 2.04 bits per heavy atom. The zero-order valence-corrected chi connectivity index (χ0v) is 16.4. The quantitative estimate of drug-likeness (QED) is 0.760. The molecular weight excluding hydrogens is 336 g/mol. The minimum Gasteiger partial charge on any atom is -0.497 e. The molecule has 0 spiro atoms. The number of halogens is 1. The predicted molar refractivity (Wildman–Crippen MR) is 102 cm³/mol. The molecule has 0 heterocycles. The maximum Gasteiger partial charge on any atom is 0.141 e. The van der Waals surface area contributed by atoms with Crippen molar-refractivity contribution in [3.8, 4) is 11.5 Å². The van der Waals surface area contributed by atoms with Crippen LogP contribution in [0.15, 0.2) is 24.3 Å². The monoisotopic (exact) mass is 365 g/mol. The molecule has 4 heteroatoms. The summed E-state index contributed by atoms with van der Waals surface area (Å²) in [5.41, 5.74) is 1.43. The first-order valence-corrected chi connectivity index (χ1v) is 9.28. The summed E-state index contributed by atoms with van der Waals surface area (Å²) in [5.74, 6) is 1.40. The number of hydrogen-bond donors (Lipinski definition) is 1. The Labute approximate surface area is 157 Å². The second kappa shape index (κ2) is 6.51. The Hall–Kier alpha value is -1.19. The van der Waals surface area contributed by atoms with Crippen LogP contribution >= 0.6 is 11.6 Å². The highest BCUT2D eigenvalue weighted by atomic mass is 35.5. The molecule has 2 aliphatic carbocycles. The molecule has 1 aromatic carbocycles. The topological polar surface area (TPSA) is 38.7 Å². The van der Waals surface area contributed by atoms with Crippen molar-refractivity contribution in [2.45, 2.75) is 52.0 Å². The molecule has 0 bridgehead atoms. The lowest BCUT2D eigenvalue weighted by Gasteiger charge is -2.52. The number of hydrogen-bond acceptors (Lipinski definition) is 3. The SMILES string of the molecule is [2H][C@@]1(O)CC[C@@]2(C)C(=C)CC[C@H]2[C@]1(C)Cc1cc(OC)cc(OC)c1Cl. The van der Waals surface area contributed by atoms with Gasteiger partial charge in [0.2, 0.25) is 0 Å². The summed E-state index contributed by atoms with van der Waals surface area (Å²) in [5, 5.41) is 11.6. The molecule has 0 radical (unpaired) electrons. The Balaban J connectivity index is 2.08. The van der Waals surface area contributed by atoms with Crippen LogP contribution < -0.4 is 9.47 Å². The van der Waals surface area contributed by atoms with Gasteiger partial charge in [0.1, 0.15) is 11.5 Å². The molecule has 0 unspecified atom stereocenters. The first-order valence-electron chi connectivity index (χ1n) is 9.40. The van der Waals surface area contributed by atoms with E-state index in [0.29, 0.717) is 29.4 Å². The normalized spacial score (nSPS) is 38.2. The maximum absolute atomic E-state index is 11.1. The number of ether oxygens (including phenoxy) is 2. The van der Waals surface area contributed by atoms with E-state index in [9.17, 15) is 5.11 Å². The van der Waals surface area contributed by atoms with E-state index in [-0.39, 0.29) is 11.3 Å². The number of allylic oxidation sites excluding steroid dienone is 1. The van der Waals surface area contributed by atoms with Crippen LogP contribution in [-0.4, -0.2) is 25.4 Å². The molecule has 0 aliphatic heterocycles. The first kappa shape index (κ1) is 17.2. The van der Waals surface area contributed by atoms with Crippen molar-refractivity contribution in [1.82, 2.24) is 0 Å². The van der Waals surface area contributed by atoms with Crippen LogP contribution in [0, 0.1) is 16.7 Å². The zero-order valence-electron chi connectivity index (χ0n) is 16.6. The van der Waals surface area contributed by atoms with E-state index in [1.807, 2.05) is 13.0 Å². The van der Waals surface area contributed by atoms with Gasteiger partial charge in [-0.15, -0.1) is 0 Å². The van der Waals surface area contributed by atoms with Gasteiger partial charge < -0.3 is 14.6 Å². The number of methoxy groups -OCH3 is 2. The molecule has 1 N–H and O–H groups in total. The molecular formula is C21H29ClO3. The molecule has 0 amide bonds. The van der Waals surface area contributed by atoms with Crippen LogP contribution in [0.25, 0.3) is 0 Å². The average Bonchev–Trinajstić information content (AvgIpc) is 2.90. The van der Waals surface area contributed by atoms with Gasteiger partial charge >= 0.3 is 0 Å². The van der Waals surface area contributed by atoms with E-state index in [4.69, 9.17) is 22.4 Å². The van der Waals surface area contributed by atoms with Gasteiger partial charge in [0.25, 0.3) is 0 Å². The number of rotatable bonds is 4. The van der Waals surface area contributed by atoms with Crippen LogP contribution in [0.5, 0.6) is 11.5 Å². The maximum atomic E-state index is 11.1. The third kappa shape index (κ3) is 2.86. The van der Waals surface area contributed by atoms with E-state index in [1.54, 1.807) is 20.3 Å². The lowest BCUT2D eigenvalue weighted by atomic mass is 9.53. The fourth-order valence-corrected chi connectivity index (χ4v) is 5.30. The minimum atomic E-state index is -1.51.